The average Bonchev–Trinajstić information content (AvgIpc) is 3.47. The summed E-state index contributed by atoms with van der Waals surface area (Å²) >= 11 is 0. The highest BCUT2D eigenvalue weighted by molar-refractivity contribution is 5.86. The van der Waals surface area contributed by atoms with E-state index >= 15 is 0 Å². The Kier molecular flexibility index (Phi) is 5.71. The smallest absolute Gasteiger partial charge is 0.320 e. The topological polar surface area (TPSA) is 91.4 Å². The molecule has 8 heteroatoms. The highest BCUT2D eigenvalue weighted by Crippen LogP contribution is 2.66. The van der Waals surface area contributed by atoms with E-state index in [1.54, 1.807) is 0 Å². The average molecular weight is 516 g/mol. The van der Waals surface area contributed by atoms with Crippen LogP contribution < -0.4 is 0 Å². The maximum absolute atomic E-state index is 14.0. The molecule has 0 spiro atoms. The maximum atomic E-state index is 14.0. The first-order valence-electron chi connectivity index (χ1n) is 14.7. The number of carbonyl (C=O) groups is 3. The minimum Gasteiger partial charge on any atom is -0.459 e. The van der Waals surface area contributed by atoms with E-state index in [2.05, 4.69) is 13.8 Å². The summed E-state index contributed by atoms with van der Waals surface area (Å²) in [5.74, 6) is 0.0406. The summed E-state index contributed by atoms with van der Waals surface area (Å²) < 4.78 is 23.6. The lowest BCUT2D eigenvalue weighted by atomic mass is 9.45. The molecule has 0 aromatic carbocycles. The number of carbonyl (C=O) groups excluding carboxylic acids is 3. The van der Waals surface area contributed by atoms with Crippen molar-refractivity contribution in [3.05, 3.63) is 0 Å². The fourth-order valence-electron chi connectivity index (χ4n) is 10.2. The van der Waals surface area contributed by atoms with E-state index in [0.29, 0.717) is 32.7 Å². The molecule has 7 atom stereocenters. The van der Waals surface area contributed by atoms with E-state index in [-0.39, 0.29) is 41.7 Å². The molecular formula is C29H41NO7. The lowest BCUT2D eigenvalue weighted by Crippen LogP contribution is -2.59. The highest BCUT2D eigenvalue weighted by Gasteiger charge is 2.71. The molecule has 0 aromatic rings. The lowest BCUT2D eigenvalue weighted by molar-refractivity contribution is -0.212. The van der Waals surface area contributed by atoms with Gasteiger partial charge in [-0.1, -0.05) is 6.92 Å². The Balaban J connectivity index is 1.09. The van der Waals surface area contributed by atoms with Gasteiger partial charge in [0, 0.05) is 30.3 Å². The third-order valence-electron chi connectivity index (χ3n) is 11.7. The second kappa shape index (κ2) is 8.67. The van der Waals surface area contributed by atoms with Gasteiger partial charge in [0.15, 0.2) is 0 Å². The zero-order valence-corrected chi connectivity index (χ0v) is 22.2. The fraction of sp³-hybridized carbons (Fsp3) is 0.897. The molecule has 8 aliphatic rings. The summed E-state index contributed by atoms with van der Waals surface area (Å²) in [4.78, 5) is 41.8. The second-order valence-corrected chi connectivity index (χ2v) is 13.6. The van der Waals surface area contributed by atoms with Crippen LogP contribution in [0.2, 0.25) is 0 Å². The summed E-state index contributed by atoms with van der Waals surface area (Å²) in [6.07, 6.45) is 7.95. The first-order chi connectivity index (χ1) is 17.8. The first-order valence-corrected chi connectivity index (χ1v) is 14.7. The van der Waals surface area contributed by atoms with E-state index in [0.717, 1.165) is 43.4 Å². The zero-order valence-electron chi connectivity index (χ0n) is 22.2. The van der Waals surface area contributed by atoms with Crippen LogP contribution in [0.25, 0.3) is 0 Å². The van der Waals surface area contributed by atoms with Crippen molar-refractivity contribution in [3.63, 3.8) is 0 Å². The van der Waals surface area contributed by atoms with Gasteiger partial charge in [-0.25, -0.2) is 0 Å². The normalized spacial score (nSPS) is 47.1. The van der Waals surface area contributed by atoms with E-state index in [1.165, 1.54) is 19.3 Å². The molecule has 37 heavy (non-hydrogen) atoms. The molecule has 7 unspecified atom stereocenters. The Morgan fingerprint density at radius 3 is 2.30 bits per heavy atom. The van der Waals surface area contributed by atoms with Gasteiger partial charge in [-0.05, 0) is 76.0 Å². The van der Waals surface area contributed by atoms with Gasteiger partial charge in [0.2, 0.25) is 0 Å². The number of hydrogen-bond acceptors (Lipinski definition) is 8. The monoisotopic (exact) mass is 515 g/mol. The minimum atomic E-state index is -0.586. The van der Waals surface area contributed by atoms with Gasteiger partial charge in [0.1, 0.15) is 17.8 Å². The van der Waals surface area contributed by atoms with E-state index in [4.69, 9.17) is 18.9 Å². The van der Waals surface area contributed by atoms with E-state index in [9.17, 15) is 14.4 Å². The number of hydrogen-bond donors (Lipinski definition) is 0. The molecule has 6 bridgehead atoms. The Morgan fingerprint density at radius 2 is 1.68 bits per heavy atom. The van der Waals surface area contributed by atoms with Gasteiger partial charge in [0.05, 0.1) is 31.6 Å². The fourth-order valence-corrected chi connectivity index (χ4v) is 10.2. The lowest BCUT2D eigenvalue weighted by Gasteiger charge is -2.62. The largest absolute Gasteiger partial charge is 0.459 e. The number of ether oxygens (including phenoxy) is 4. The molecule has 8 rings (SSSR count). The van der Waals surface area contributed by atoms with E-state index in [1.807, 2.05) is 4.90 Å². The summed E-state index contributed by atoms with van der Waals surface area (Å²) in [5.41, 5.74) is -0.487. The summed E-state index contributed by atoms with van der Waals surface area (Å²) in [5, 5.41) is 0. The predicted octanol–water partition coefficient (Wildman–Crippen LogP) is 2.97. The SMILES string of the molecule is CCC(C)(OC(=O)C1C2CC3C(OC(=O)C31)C2OC(=O)CN1CCOCC1)C12CC3CC(CC(C3)C1)C2. The van der Waals surface area contributed by atoms with Crippen LogP contribution in [0.3, 0.4) is 0 Å². The van der Waals surface area contributed by atoms with Crippen LogP contribution in [0.15, 0.2) is 0 Å². The summed E-state index contributed by atoms with van der Waals surface area (Å²) in [6, 6.07) is 0. The molecular weight excluding hydrogens is 474 g/mol. The Labute approximate surface area is 219 Å². The van der Waals surface area contributed by atoms with Crippen molar-refractivity contribution in [2.24, 2.45) is 46.8 Å². The van der Waals surface area contributed by atoms with Crippen molar-refractivity contribution in [2.45, 2.75) is 83.0 Å². The van der Waals surface area contributed by atoms with Gasteiger partial charge in [-0.15, -0.1) is 0 Å². The molecule has 6 saturated carbocycles. The molecule has 2 heterocycles. The molecule has 2 aliphatic heterocycles. The maximum Gasteiger partial charge on any atom is 0.320 e. The second-order valence-electron chi connectivity index (χ2n) is 13.6. The molecule has 2 saturated heterocycles. The van der Waals surface area contributed by atoms with Crippen molar-refractivity contribution in [1.82, 2.24) is 4.90 Å². The Hall–Kier alpha value is -1.67. The Bertz CT molecular complexity index is 940. The van der Waals surface area contributed by atoms with Gasteiger partial charge in [0.25, 0.3) is 0 Å². The van der Waals surface area contributed by atoms with Crippen LogP contribution in [0, 0.1) is 46.8 Å². The molecule has 204 valence electrons. The predicted molar refractivity (Wildman–Crippen MR) is 131 cm³/mol. The van der Waals surface area contributed by atoms with Gasteiger partial charge in [-0.3, -0.25) is 19.3 Å². The van der Waals surface area contributed by atoms with Crippen LogP contribution in [-0.2, 0) is 33.3 Å². The number of nitrogens with zero attached hydrogens (tertiary/aromatic N) is 1. The minimum absolute atomic E-state index is 0.0481. The number of morpholine rings is 1. The number of fused-ring (bicyclic) bond motifs is 1. The number of rotatable bonds is 7. The van der Waals surface area contributed by atoms with Gasteiger partial charge >= 0.3 is 17.9 Å². The first kappa shape index (κ1) is 24.4. The third kappa shape index (κ3) is 3.71. The zero-order chi connectivity index (χ0) is 25.5. The quantitative estimate of drug-likeness (QED) is 0.378. The van der Waals surface area contributed by atoms with Crippen molar-refractivity contribution in [3.8, 4) is 0 Å². The van der Waals surface area contributed by atoms with Crippen LogP contribution in [0.5, 0.6) is 0 Å². The van der Waals surface area contributed by atoms with Gasteiger partial charge in [-0.2, -0.15) is 0 Å². The van der Waals surface area contributed by atoms with Gasteiger partial charge < -0.3 is 18.9 Å². The van der Waals surface area contributed by atoms with E-state index < -0.39 is 29.6 Å². The van der Waals surface area contributed by atoms with Crippen LogP contribution in [-0.4, -0.2) is 73.5 Å². The molecule has 0 amide bonds. The molecule has 0 aromatic heterocycles. The molecule has 6 aliphatic carbocycles. The third-order valence-corrected chi connectivity index (χ3v) is 11.7. The summed E-state index contributed by atoms with van der Waals surface area (Å²) in [6.45, 7) is 7.09. The standard InChI is InChI=1S/C29H41NO7/c1-3-28(2,29-12-16-8-17(13-29)10-18(9-16)14-29)37-27(33)23-20-11-19-22(23)26(32)36-25(19)24(20)35-21(31)15-30-4-6-34-7-5-30/h16-20,22-25H,3-15H2,1-2H3. The van der Waals surface area contributed by atoms with Crippen LogP contribution >= 0.6 is 0 Å². The number of esters is 3. The summed E-state index contributed by atoms with van der Waals surface area (Å²) in [7, 11) is 0. The van der Waals surface area contributed by atoms with Crippen molar-refractivity contribution < 1.29 is 33.3 Å². The van der Waals surface area contributed by atoms with Crippen molar-refractivity contribution >= 4 is 17.9 Å². The molecule has 8 nitrogen and oxygen atoms in total. The molecule has 0 radical (unpaired) electrons. The Morgan fingerprint density at radius 1 is 1.03 bits per heavy atom. The highest BCUT2D eigenvalue weighted by atomic mass is 16.6. The van der Waals surface area contributed by atoms with Crippen LogP contribution in [0.1, 0.15) is 65.2 Å². The van der Waals surface area contributed by atoms with Crippen molar-refractivity contribution in [1.29, 1.82) is 0 Å². The van der Waals surface area contributed by atoms with Crippen molar-refractivity contribution in [2.75, 3.05) is 32.8 Å². The van der Waals surface area contributed by atoms with Crippen LogP contribution in [0.4, 0.5) is 0 Å². The molecule has 8 fully saturated rings. The molecule has 0 N–H and O–H groups in total.